The Morgan fingerprint density at radius 1 is 1.00 bits per heavy atom. The first kappa shape index (κ1) is 24.4. The van der Waals surface area contributed by atoms with E-state index in [9.17, 15) is 19.8 Å². The van der Waals surface area contributed by atoms with E-state index in [0.717, 1.165) is 47.9 Å². The third-order valence-electron chi connectivity index (χ3n) is 7.51. The fourth-order valence-corrected chi connectivity index (χ4v) is 5.36. The van der Waals surface area contributed by atoms with E-state index in [1.807, 2.05) is 31.2 Å². The topological polar surface area (TPSA) is 112 Å². The van der Waals surface area contributed by atoms with Gasteiger partial charge in [-0.25, -0.2) is 0 Å². The number of amides is 2. The monoisotopic (exact) mass is 465 g/mol. The minimum atomic E-state index is -0.935. The summed E-state index contributed by atoms with van der Waals surface area (Å²) in [5.74, 6) is -0.207. The lowest BCUT2D eigenvalue weighted by atomic mass is 9.73. The molecule has 1 aromatic heterocycles. The molecule has 2 aromatic rings. The molecule has 0 spiro atoms. The van der Waals surface area contributed by atoms with Crippen LogP contribution in [0.15, 0.2) is 36.5 Å². The molecule has 4 N–H and O–H groups in total. The first-order chi connectivity index (χ1) is 16.3. The summed E-state index contributed by atoms with van der Waals surface area (Å²) in [6.45, 7) is 2.00. The van der Waals surface area contributed by atoms with Gasteiger partial charge in [0.05, 0.1) is 11.7 Å². The molecule has 7 nitrogen and oxygen atoms in total. The number of carbonyl (C=O) groups excluding carboxylic acids is 2. The summed E-state index contributed by atoms with van der Waals surface area (Å²) >= 11 is 0. The molecule has 2 fully saturated rings. The number of nitrogens with one attached hydrogen (secondary N) is 2. The number of aromatic nitrogens is 1. The van der Waals surface area contributed by atoms with E-state index in [1.165, 1.54) is 0 Å². The van der Waals surface area contributed by atoms with E-state index in [4.69, 9.17) is 0 Å². The van der Waals surface area contributed by atoms with Crippen LogP contribution in [-0.2, 0) is 10.4 Å². The summed E-state index contributed by atoms with van der Waals surface area (Å²) < 4.78 is 0. The van der Waals surface area contributed by atoms with E-state index >= 15 is 0 Å². The number of rotatable bonds is 5. The zero-order chi connectivity index (χ0) is 24.3. The van der Waals surface area contributed by atoms with Gasteiger partial charge in [-0.2, -0.15) is 0 Å². The van der Waals surface area contributed by atoms with Gasteiger partial charge in [-0.15, -0.1) is 0 Å². The first-order valence-electron chi connectivity index (χ1n) is 12.3. The third-order valence-corrected chi connectivity index (χ3v) is 7.51. The minimum Gasteiger partial charge on any atom is -0.393 e. The molecule has 1 heterocycles. The Morgan fingerprint density at radius 3 is 2.26 bits per heavy atom. The van der Waals surface area contributed by atoms with Gasteiger partial charge in [0, 0.05) is 30.8 Å². The summed E-state index contributed by atoms with van der Waals surface area (Å²) in [6.07, 6.45) is 7.04. The number of benzene rings is 1. The molecule has 0 radical (unpaired) electrons. The SMILES string of the molecule is CNC(=O)c1ccc(-c2ccc(C3(O)CCC(C(=O)N[C@H]4CC[C@@H](O)CC4)CC3)c(C)c2)cn1. The Labute approximate surface area is 201 Å². The molecular formula is C27H35N3O4. The molecule has 2 amide bonds. The largest absolute Gasteiger partial charge is 0.393 e. The van der Waals surface area contributed by atoms with Gasteiger partial charge in [0.25, 0.3) is 5.91 Å². The molecule has 2 aliphatic rings. The predicted octanol–water partition coefficient (Wildman–Crippen LogP) is 3.21. The molecular weight excluding hydrogens is 430 g/mol. The predicted molar refractivity (Wildman–Crippen MR) is 130 cm³/mol. The van der Waals surface area contributed by atoms with Crippen molar-refractivity contribution in [3.8, 4) is 11.1 Å². The van der Waals surface area contributed by atoms with Crippen LogP contribution in [0.4, 0.5) is 0 Å². The number of hydrogen-bond donors (Lipinski definition) is 4. The number of aliphatic hydroxyl groups excluding tert-OH is 1. The van der Waals surface area contributed by atoms with Gasteiger partial charge < -0.3 is 20.8 Å². The van der Waals surface area contributed by atoms with Crippen LogP contribution in [-0.4, -0.2) is 46.2 Å². The number of pyridine rings is 1. The van der Waals surface area contributed by atoms with Gasteiger partial charge in [-0.1, -0.05) is 24.3 Å². The molecule has 1 aromatic carbocycles. The molecule has 0 saturated heterocycles. The Kier molecular flexibility index (Phi) is 7.33. The average molecular weight is 466 g/mol. The maximum Gasteiger partial charge on any atom is 0.269 e. The molecule has 0 bridgehead atoms. The van der Waals surface area contributed by atoms with Crippen LogP contribution in [0.25, 0.3) is 11.1 Å². The number of nitrogens with zero attached hydrogens (tertiary/aromatic N) is 1. The van der Waals surface area contributed by atoms with Crippen molar-refractivity contribution in [3.63, 3.8) is 0 Å². The molecule has 0 unspecified atom stereocenters. The van der Waals surface area contributed by atoms with Crippen molar-refractivity contribution in [3.05, 3.63) is 53.3 Å². The molecule has 34 heavy (non-hydrogen) atoms. The molecule has 2 saturated carbocycles. The van der Waals surface area contributed by atoms with Crippen molar-refractivity contribution in [1.29, 1.82) is 0 Å². The Hall–Kier alpha value is -2.77. The quantitative estimate of drug-likeness (QED) is 0.542. The summed E-state index contributed by atoms with van der Waals surface area (Å²) in [6, 6.07) is 9.73. The van der Waals surface area contributed by atoms with E-state index in [2.05, 4.69) is 15.6 Å². The molecule has 4 rings (SSSR count). The van der Waals surface area contributed by atoms with Crippen molar-refractivity contribution in [2.24, 2.45) is 5.92 Å². The normalized spacial score (nSPS) is 27.1. The Balaban J connectivity index is 1.39. The lowest BCUT2D eigenvalue weighted by molar-refractivity contribution is -0.129. The van der Waals surface area contributed by atoms with E-state index in [-0.39, 0.29) is 29.9 Å². The smallest absolute Gasteiger partial charge is 0.269 e. The van der Waals surface area contributed by atoms with Crippen LogP contribution in [0.2, 0.25) is 0 Å². The second-order valence-electron chi connectivity index (χ2n) is 9.86. The Bertz CT molecular complexity index is 1020. The molecule has 7 heteroatoms. The number of carbonyl (C=O) groups is 2. The van der Waals surface area contributed by atoms with Gasteiger partial charge in [0.1, 0.15) is 5.69 Å². The maximum atomic E-state index is 12.8. The van der Waals surface area contributed by atoms with Gasteiger partial charge in [-0.3, -0.25) is 14.6 Å². The van der Waals surface area contributed by atoms with E-state index in [0.29, 0.717) is 31.4 Å². The van der Waals surface area contributed by atoms with E-state index < -0.39 is 5.60 Å². The fraction of sp³-hybridized carbons (Fsp3) is 0.519. The van der Waals surface area contributed by atoms with Crippen molar-refractivity contribution < 1.29 is 19.8 Å². The van der Waals surface area contributed by atoms with Gasteiger partial charge in [-0.05, 0) is 81.0 Å². The van der Waals surface area contributed by atoms with Crippen LogP contribution >= 0.6 is 0 Å². The lowest BCUT2D eigenvalue weighted by Crippen LogP contribution is -2.44. The molecule has 0 atom stereocenters. The molecule has 182 valence electrons. The van der Waals surface area contributed by atoms with Gasteiger partial charge in [0.15, 0.2) is 0 Å². The maximum absolute atomic E-state index is 12.8. The fourth-order valence-electron chi connectivity index (χ4n) is 5.36. The summed E-state index contributed by atoms with van der Waals surface area (Å²) in [7, 11) is 1.58. The number of aliphatic hydroxyl groups is 2. The third kappa shape index (κ3) is 5.31. The van der Waals surface area contributed by atoms with Crippen LogP contribution in [0.1, 0.15) is 73.0 Å². The first-order valence-corrected chi connectivity index (χ1v) is 12.3. The highest BCUT2D eigenvalue weighted by atomic mass is 16.3. The van der Waals surface area contributed by atoms with Crippen LogP contribution in [0, 0.1) is 12.8 Å². The number of hydrogen-bond acceptors (Lipinski definition) is 5. The summed E-state index contributed by atoms with van der Waals surface area (Å²) in [4.78, 5) is 28.7. The highest BCUT2D eigenvalue weighted by molar-refractivity contribution is 5.92. The van der Waals surface area contributed by atoms with Crippen molar-refractivity contribution in [2.45, 2.75) is 76.0 Å². The highest BCUT2D eigenvalue weighted by Gasteiger charge is 2.38. The van der Waals surface area contributed by atoms with Crippen LogP contribution < -0.4 is 10.6 Å². The van der Waals surface area contributed by atoms with Crippen LogP contribution in [0.3, 0.4) is 0 Å². The second-order valence-corrected chi connectivity index (χ2v) is 9.86. The average Bonchev–Trinajstić information content (AvgIpc) is 2.85. The highest BCUT2D eigenvalue weighted by Crippen LogP contribution is 2.41. The van der Waals surface area contributed by atoms with Gasteiger partial charge >= 0.3 is 0 Å². The molecule has 0 aliphatic heterocycles. The van der Waals surface area contributed by atoms with E-state index in [1.54, 1.807) is 19.3 Å². The number of aryl methyl sites for hydroxylation is 1. The van der Waals surface area contributed by atoms with Crippen molar-refractivity contribution in [2.75, 3.05) is 7.05 Å². The van der Waals surface area contributed by atoms with Gasteiger partial charge in [0.2, 0.25) is 5.91 Å². The summed E-state index contributed by atoms with van der Waals surface area (Å²) in [5, 5.41) is 26.8. The second kappa shape index (κ2) is 10.2. The zero-order valence-corrected chi connectivity index (χ0v) is 20.0. The van der Waals surface area contributed by atoms with Crippen molar-refractivity contribution >= 4 is 11.8 Å². The van der Waals surface area contributed by atoms with Crippen LogP contribution in [0.5, 0.6) is 0 Å². The standard InChI is InChI=1S/C27H35N3O4/c1-17-15-19(20-4-10-24(29-16-20)26(33)28-2)3-9-23(17)27(34)13-11-18(12-14-27)25(32)30-21-5-7-22(31)8-6-21/h3-4,9-10,15-16,18,21-22,31,34H,5-8,11-14H2,1-2H3,(H,28,33)(H,30,32)/t18?,21-,22+,27?. The Morgan fingerprint density at radius 2 is 1.68 bits per heavy atom. The summed E-state index contributed by atoms with van der Waals surface area (Å²) in [5.41, 5.74) is 3.23. The zero-order valence-electron chi connectivity index (χ0n) is 20.0. The lowest BCUT2D eigenvalue weighted by Gasteiger charge is -2.37. The minimum absolute atomic E-state index is 0.0726. The van der Waals surface area contributed by atoms with Crippen molar-refractivity contribution in [1.82, 2.24) is 15.6 Å². The molecule has 2 aliphatic carbocycles.